The lowest BCUT2D eigenvalue weighted by molar-refractivity contribution is -0.124. The summed E-state index contributed by atoms with van der Waals surface area (Å²) >= 11 is 5.98. The van der Waals surface area contributed by atoms with Crippen molar-refractivity contribution in [3.63, 3.8) is 0 Å². The zero-order valence-electron chi connectivity index (χ0n) is 18.2. The van der Waals surface area contributed by atoms with Crippen LogP contribution in [0.1, 0.15) is 37.3 Å². The normalized spacial score (nSPS) is 13.0. The van der Waals surface area contributed by atoms with E-state index in [2.05, 4.69) is 20.4 Å². The van der Waals surface area contributed by atoms with E-state index in [0.29, 0.717) is 11.8 Å². The van der Waals surface area contributed by atoms with Crippen molar-refractivity contribution < 1.29 is 27.8 Å². The van der Waals surface area contributed by atoms with Gasteiger partial charge in [-0.2, -0.15) is 13.8 Å². The lowest BCUT2D eigenvalue weighted by atomic mass is 9.73. The number of carbonyl (C=O) groups excluding carboxylic acids is 2. The number of pyridine rings is 1. The van der Waals surface area contributed by atoms with Crippen LogP contribution in [0.2, 0.25) is 5.02 Å². The van der Waals surface area contributed by atoms with E-state index in [4.69, 9.17) is 16.3 Å². The molecule has 2 aromatic rings. The van der Waals surface area contributed by atoms with Crippen LogP contribution in [0.25, 0.3) is 0 Å². The number of carbonyl (C=O) groups is 2. The smallest absolute Gasteiger partial charge is 0.387 e. The van der Waals surface area contributed by atoms with E-state index in [-0.39, 0.29) is 35.6 Å². The van der Waals surface area contributed by atoms with Crippen LogP contribution in [-0.4, -0.2) is 44.5 Å². The average molecular weight is 470 g/mol. The van der Waals surface area contributed by atoms with Gasteiger partial charge in [-0.3, -0.25) is 4.79 Å². The molecule has 1 unspecified atom stereocenters. The molecule has 0 aliphatic carbocycles. The van der Waals surface area contributed by atoms with Crippen molar-refractivity contribution in [3.05, 3.63) is 46.5 Å². The molecule has 7 nitrogen and oxygen atoms in total. The summed E-state index contributed by atoms with van der Waals surface area (Å²) in [6.45, 7) is 0.886. The Labute approximate surface area is 190 Å². The van der Waals surface area contributed by atoms with Gasteiger partial charge in [-0.25, -0.2) is 0 Å². The summed E-state index contributed by atoms with van der Waals surface area (Å²) in [5.74, 6) is -1.37. The van der Waals surface area contributed by atoms with E-state index in [0.717, 1.165) is 11.6 Å². The Morgan fingerprint density at radius 2 is 2.00 bits per heavy atom. The SMILES string of the molecule is CNCC(CC=O)(C(=O)Nc1nc(OC)c(Cl)cc1OC(F)F)c1ccccc1C(C)C. The third-order valence-electron chi connectivity index (χ3n) is 4.99. The number of nitrogens with zero attached hydrogens (tertiary/aromatic N) is 1. The Bertz CT molecular complexity index is 959. The van der Waals surface area contributed by atoms with E-state index in [1.165, 1.54) is 7.11 Å². The molecule has 0 aliphatic rings. The second-order valence-electron chi connectivity index (χ2n) is 7.38. The summed E-state index contributed by atoms with van der Waals surface area (Å²) in [5.41, 5.74) is 0.185. The summed E-state index contributed by atoms with van der Waals surface area (Å²) in [6, 6.07) is 8.37. The summed E-state index contributed by atoms with van der Waals surface area (Å²) in [7, 11) is 2.95. The van der Waals surface area contributed by atoms with E-state index < -0.39 is 23.7 Å². The Hall–Kier alpha value is -2.78. The number of hydrogen-bond donors (Lipinski definition) is 2. The molecule has 1 aromatic carbocycles. The minimum atomic E-state index is -3.17. The van der Waals surface area contributed by atoms with Gasteiger partial charge < -0.3 is 24.9 Å². The molecule has 10 heteroatoms. The van der Waals surface area contributed by atoms with Gasteiger partial charge >= 0.3 is 6.61 Å². The van der Waals surface area contributed by atoms with Crippen molar-refractivity contribution in [2.75, 3.05) is 26.0 Å². The Morgan fingerprint density at radius 3 is 2.56 bits per heavy atom. The average Bonchev–Trinajstić information content (AvgIpc) is 2.74. The largest absolute Gasteiger partial charge is 0.480 e. The van der Waals surface area contributed by atoms with Gasteiger partial charge in [0, 0.05) is 19.0 Å². The van der Waals surface area contributed by atoms with Gasteiger partial charge in [0.25, 0.3) is 0 Å². The molecule has 0 aliphatic heterocycles. The number of alkyl halides is 2. The molecule has 32 heavy (non-hydrogen) atoms. The van der Waals surface area contributed by atoms with Gasteiger partial charge in [0.2, 0.25) is 11.8 Å². The number of aromatic nitrogens is 1. The molecule has 1 aromatic heterocycles. The fraction of sp³-hybridized carbons (Fsp3) is 0.409. The fourth-order valence-corrected chi connectivity index (χ4v) is 3.77. The first-order chi connectivity index (χ1) is 15.2. The maximum atomic E-state index is 13.6. The van der Waals surface area contributed by atoms with E-state index in [1.807, 2.05) is 26.0 Å². The summed E-state index contributed by atoms with van der Waals surface area (Å²) in [4.78, 5) is 29.3. The number of hydrogen-bond acceptors (Lipinski definition) is 6. The number of nitrogens with one attached hydrogen (secondary N) is 2. The zero-order chi connectivity index (χ0) is 23.9. The first-order valence-electron chi connectivity index (χ1n) is 9.88. The van der Waals surface area contributed by atoms with Crippen LogP contribution in [0.4, 0.5) is 14.6 Å². The number of ether oxygens (including phenoxy) is 2. The number of benzene rings is 1. The van der Waals surface area contributed by atoms with Gasteiger partial charge in [0.1, 0.15) is 11.3 Å². The number of rotatable bonds is 11. The van der Waals surface area contributed by atoms with Crippen molar-refractivity contribution in [3.8, 4) is 11.6 Å². The summed E-state index contributed by atoms with van der Waals surface area (Å²) in [6.07, 6.45) is 0.500. The van der Waals surface area contributed by atoms with Crippen LogP contribution in [-0.2, 0) is 15.0 Å². The van der Waals surface area contributed by atoms with Crippen LogP contribution in [0.5, 0.6) is 11.6 Å². The molecular weight excluding hydrogens is 444 g/mol. The Balaban J connectivity index is 2.63. The lowest BCUT2D eigenvalue weighted by Crippen LogP contribution is -2.48. The van der Waals surface area contributed by atoms with Crippen molar-refractivity contribution in [1.29, 1.82) is 0 Å². The van der Waals surface area contributed by atoms with Crippen molar-refractivity contribution in [2.45, 2.75) is 38.2 Å². The second-order valence-corrected chi connectivity index (χ2v) is 7.79. The first kappa shape index (κ1) is 25.5. The maximum absolute atomic E-state index is 13.6. The van der Waals surface area contributed by atoms with Crippen molar-refractivity contribution in [1.82, 2.24) is 10.3 Å². The molecule has 0 bridgehead atoms. The standard InChI is InChI=1S/C22H26ClF2N3O4/c1-13(2)14-7-5-6-8-15(14)22(9-10-29,12-26-3)20(30)28-18-17(32-21(24)25)11-16(23)19(27-18)31-4/h5-8,10-11,13,21,26H,9,12H2,1-4H3,(H,27,28,30). The predicted octanol–water partition coefficient (Wildman–Crippen LogP) is 4.15. The third kappa shape index (κ3) is 5.52. The van der Waals surface area contributed by atoms with Crippen LogP contribution in [0, 0.1) is 0 Å². The topological polar surface area (TPSA) is 89.6 Å². The molecule has 2 rings (SSSR count). The van der Waals surface area contributed by atoms with Crippen LogP contribution in [0.3, 0.4) is 0 Å². The zero-order valence-corrected chi connectivity index (χ0v) is 19.0. The van der Waals surface area contributed by atoms with E-state index in [1.54, 1.807) is 19.2 Å². The highest BCUT2D eigenvalue weighted by molar-refractivity contribution is 6.32. The second kappa shape index (κ2) is 11.2. The number of amides is 1. The molecule has 0 spiro atoms. The molecule has 1 atom stereocenters. The molecule has 174 valence electrons. The highest BCUT2D eigenvalue weighted by Gasteiger charge is 2.42. The van der Waals surface area contributed by atoms with Gasteiger partial charge in [0.15, 0.2) is 11.6 Å². The molecule has 0 radical (unpaired) electrons. The van der Waals surface area contributed by atoms with Gasteiger partial charge in [0.05, 0.1) is 12.5 Å². The number of likely N-dealkylation sites (N-methyl/N-ethyl adjacent to an activating group) is 1. The molecule has 0 saturated carbocycles. The highest BCUT2D eigenvalue weighted by Crippen LogP contribution is 2.37. The third-order valence-corrected chi connectivity index (χ3v) is 5.26. The lowest BCUT2D eigenvalue weighted by Gasteiger charge is -2.34. The number of anilines is 1. The molecule has 1 amide bonds. The minimum absolute atomic E-state index is 0.0633. The van der Waals surface area contributed by atoms with Crippen LogP contribution >= 0.6 is 11.6 Å². The maximum Gasteiger partial charge on any atom is 0.387 e. The number of methoxy groups -OCH3 is 1. The number of halogens is 3. The van der Waals surface area contributed by atoms with E-state index in [9.17, 15) is 18.4 Å². The Kier molecular flexibility index (Phi) is 8.91. The molecule has 0 fully saturated rings. The summed E-state index contributed by atoms with van der Waals surface area (Å²) < 4.78 is 35.4. The molecule has 1 heterocycles. The highest BCUT2D eigenvalue weighted by atomic mass is 35.5. The van der Waals surface area contributed by atoms with Crippen LogP contribution < -0.4 is 20.1 Å². The molecule has 2 N–H and O–H groups in total. The molecule has 0 saturated heterocycles. The first-order valence-corrected chi connectivity index (χ1v) is 10.3. The minimum Gasteiger partial charge on any atom is -0.480 e. The van der Waals surface area contributed by atoms with Gasteiger partial charge in [-0.05, 0) is 24.1 Å². The van der Waals surface area contributed by atoms with Gasteiger partial charge in [-0.1, -0.05) is 49.7 Å². The van der Waals surface area contributed by atoms with E-state index >= 15 is 0 Å². The monoisotopic (exact) mass is 469 g/mol. The van der Waals surface area contributed by atoms with Crippen molar-refractivity contribution >= 4 is 29.6 Å². The van der Waals surface area contributed by atoms with Crippen LogP contribution in [0.15, 0.2) is 30.3 Å². The van der Waals surface area contributed by atoms with Gasteiger partial charge in [-0.15, -0.1) is 0 Å². The quantitative estimate of drug-likeness (QED) is 0.480. The predicted molar refractivity (Wildman–Crippen MR) is 118 cm³/mol. The Morgan fingerprint density at radius 1 is 1.31 bits per heavy atom. The fourth-order valence-electron chi connectivity index (χ4n) is 3.55. The number of aldehydes is 1. The molecular formula is C22H26ClF2N3O4. The summed E-state index contributed by atoms with van der Waals surface area (Å²) in [5, 5.41) is 5.44. The van der Waals surface area contributed by atoms with Crippen molar-refractivity contribution in [2.24, 2.45) is 0 Å².